The maximum Gasteiger partial charge on any atom is 0.238 e. The molecule has 0 unspecified atom stereocenters. The SMILES string of the molecule is CCCN(CCC(=O)Nc1ccc(S(N)(=O)=O)cc1)CC(=O)N(C)C. The topological polar surface area (TPSA) is 113 Å². The number of benzene rings is 1. The molecular weight excluding hydrogens is 344 g/mol. The van der Waals surface area contributed by atoms with E-state index in [9.17, 15) is 18.0 Å². The molecule has 25 heavy (non-hydrogen) atoms. The molecule has 140 valence electrons. The zero-order valence-corrected chi connectivity index (χ0v) is 15.7. The number of hydrogen-bond donors (Lipinski definition) is 2. The third-order valence-electron chi connectivity index (χ3n) is 3.52. The third-order valence-corrected chi connectivity index (χ3v) is 4.45. The highest BCUT2D eigenvalue weighted by molar-refractivity contribution is 7.89. The fourth-order valence-corrected chi connectivity index (χ4v) is 2.65. The molecule has 2 amide bonds. The van der Waals surface area contributed by atoms with E-state index in [-0.39, 0.29) is 29.7 Å². The summed E-state index contributed by atoms with van der Waals surface area (Å²) < 4.78 is 22.4. The Morgan fingerprint density at radius 2 is 1.72 bits per heavy atom. The molecule has 0 radical (unpaired) electrons. The number of primary sulfonamides is 1. The van der Waals surface area contributed by atoms with Gasteiger partial charge in [-0.2, -0.15) is 0 Å². The molecule has 0 fully saturated rings. The van der Waals surface area contributed by atoms with Crippen LogP contribution in [-0.2, 0) is 19.6 Å². The van der Waals surface area contributed by atoms with Gasteiger partial charge in [0.2, 0.25) is 21.8 Å². The minimum atomic E-state index is -3.75. The lowest BCUT2D eigenvalue weighted by atomic mass is 10.3. The number of nitrogens with two attached hydrogens (primary N) is 1. The number of rotatable bonds is 9. The molecule has 0 spiro atoms. The number of nitrogens with one attached hydrogen (secondary N) is 1. The summed E-state index contributed by atoms with van der Waals surface area (Å²) in [5, 5.41) is 7.72. The molecule has 0 bridgehead atoms. The molecule has 8 nitrogen and oxygen atoms in total. The summed E-state index contributed by atoms with van der Waals surface area (Å²) in [5.74, 6) is -0.214. The second-order valence-electron chi connectivity index (χ2n) is 5.93. The predicted molar refractivity (Wildman–Crippen MR) is 96.5 cm³/mol. The number of carbonyl (C=O) groups is 2. The van der Waals surface area contributed by atoms with Gasteiger partial charge in [0.25, 0.3) is 0 Å². The van der Waals surface area contributed by atoms with Gasteiger partial charge in [0, 0.05) is 32.7 Å². The van der Waals surface area contributed by atoms with Crippen LogP contribution in [0.5, 0.6) is 0 Å². The first-order valence-electron chi connectivity index (χ1n) is 7.98. The van der Waals surface area contributed by atoms with Gasteiger partial charge in [0.05, 0.1) is 11.4 Å². The Morgan fingerprint density at radius 1 is 1.12 bits per heavy atom. The Bertz CT molecular complexity index is 687. The van der Waals surface area contributed by atoms with E-state index in [1.807, 2.05) is 11.8 Å². The molecule has 0 atom stereocenters. The van der Waals surface area contributed by atoms with Gasteiger partial charge < -0.3 is 10.2 Å². The molecular formula is C16H26N4O4S. The van der Waals surface area contributed by atoms with Crippen molar-refractivity contribution in [3.05, 3.63) is 24.3 Å². The van der Waals surface area contributed by atoms with Crippen LogP contribution in [0.25, 0.3) is 0 Å². The molecule has 0 aliphatic carbocycles. The zero-order chi connectivity index (χ0) is 19.0. The largest absolute Gasteiger partial charge is 0.348 e. The summed E-state index contributed by atoms with van der Waals surface area (Å²) in [4.78, 5) is 27.3. The smallest absolute Gasteiger partial charge is 0.238 e. The number of sulfonamides is 1. The van der Waals surface area contributed by atoms with Crippen molar-refractivity contribution in [1.82, 2.24) is 9.80 Å². The number of amides is 2. The lowest BCUT2D eigenvalue weighted by Crippen LogP contribution is -2.38. The molecule has 3 N–H and O–H groups in total. The molecule has 1 rings (SSSR count). The van der Waals surface area contributed by atoms with Gasteiger partial charge in [-0.1, -0.05) is 6.92 Å². The standard InChI is InChI=1S/C16H26N4O4S/c1-4-10-20(12-16(22)19(2)3)11-9-15(21)18-13-5-7-14(8-6-13)25(17,23)24/h5-8H,4,9-12H2,1-3H3,(H,18,21)(H2,17,23,24). The number of anilines is 1. The van der Waals surface area contributed by atoms with Crippen LogP contribution in [0, 0.1) is 0 Å². The number of hydrogen-bond acceptors (Lipinski definition) is 5. The zero-order valence-electron chi connectivity index (χ0n) is 14.9. The lowest BCUT2D eigenvalue weighted by molar-refractivity contribution is -0.130. The van der Waals surface area contributed by atoms with E-state index in [1.165, 1.54) is 29.2 Å². The second kappa shape index (κ2) is 9.50. The van der Waals surface area contributed by atoms with E-state index in [0.717, 1.165) is 13.0 Å². The van der Waals surface area contributed by atoms with E-state index < -0.39 is 10.0 Å². The van der Waals surface area contributed by atoms with Gasteiger partial charge in [-0.25, -0.2) is 13.6 Å². The van der Waals surface area contributed by atoms with Crippen LogP contribution in [0.2, 0.25) is 0 Å². The normalized spacial score (nSPS) is 11.4. The molecule has 1 aromatic rings. The van der Waals surface area contributed by atoms with Crippen molar-refractivity contribution in [2.24, 2.45) is 5.14 Å². The first-order valence-corrected chi connectivity index (χ1v) is 9.53. The van der Waals surface area contributed by atoms with E-state index in [4.69, 9.17) is 5.14 Å². The highest BCUT2D eigenvalue weighted by Gasteiger charge is 2.13. The summed E-state index contributed by atoms with van der Waals surface area (Å²) in [5.41, 5.74) is 0.490. The van der Waals surface area contributed by atoms with Gasteiger partial charge in [0.1, 0.15) is 0 Å². The molecule has 0 saturated carbocycles. The van der Waals surface area contributed by atoms with Gasteiger partial charge >= 0.3 is 0 Å². The highest BCUT2D eigenvalue weighted by Crippen LogP contribution is 2.13. The van der Waals surface area contributed by atoms with Crippen LogP contribution >= 0.6 is 0 Å². The Kier molecular flexibility index (Phi) is 8.01. The molecule has 1 aromatic carbocycles. The van der Waals surface area contributed by atoms with Crippen molar-refractivity contribution in [3.8, 4) is 0 Å². The average molecular weight is 370 g/mol. The summed E-state index contributed by atoms with van der Waals surface area (Å²) in [6.45, 7) is 3.49. The van der Waals surface area contributed by atoms with Crippen LogP contribution in [0.15, 0.2) is 29.2 Å². The lowest BCUT2D eigenvalue weighted by Gasteiger charge is -2.22. The summed E-state index contributed by atoms with van der Waals surface area (Å²) >= 11 is 0. The quantitative estimate of drug-likeness (QED) is 0.656. The summed E-state index contributed by atoms with van der Waals surface area (Å²) in [7, 11) is -0.352. The predicted octanol–water partition coefficient (Wildman–Crippen LogP) is 0.463. The van der Waals surface area contributed by atoms with Crippen molar-refractivity contribution >= 4 is 27.5 Å². The monoisotopic (exact) mass is 370 g/mol. The van der Waals surface area contributed by atoms with Crippen molar-refractivity contribution in [2.45, 2.75) is 24.7 Å². The van der Waals surface area contributed by atoms with Crippen LogP contribution in [0.3, 0.4) is 0 Å². The van der Waals surface area contributed by atoms with Crippen molar-refractivity contribution in [3.63, 3.8) is 0 Å². The Morgan fingerprint density at radius 3 is 2.20 bits per heavy atom. The van der Waals surface area contributed by atoms with Gasteiger partial charge in [-0.3, -0.25) is 14.5 Å². The first-order chi connectivity index (χ1) is 11.6. The Balaban J connectivity index is 2.55. The summed E-state index contributed by atoms with van der Waals surface area (Å²) in [6, 6.07) is 5.64. The van der Waals surface area contributed by atoms with Gasteiger partial charge in [-0.05, 0) is 37.2 Å². The molecule has 0 heterocycles. The minimum Gasteiger partial charge on any atom is -0.348 e. The number of carbonyl (C=O) groups excluding carboxylic acids is 2. The molecule has 9 heteroatoms. The minimum absolute atomic E-state index is 0.00700. The molecule has 0 saturated heterocycles. The maximum absolute atomic E-state index is 12.0. The van der Waals surface area contributed by atoms with Gasteiger partial charge in [0.15, 0.2) is 0 Å². The average Bonchev–Trinajstić information content (AvgIpc) is 2.52. The van der Waals surface area contributed by atoms with Crippen molar-refractivity contribution < 1.29 is 18.0 Å². The van der Waals surface area contributed by atoms with E-state index >= 15 is 0 Å². The Hall–Kier alpha value is -1.97. The van der Waals surface area contributed by atoms with Crippen molar-refractivity contribution in [2.75, 3.05) is 39.0 Å². The summed E-state index contributed by atoms with van der Waals surface area (Å²) in [6.07, 6.45) is 1.12. The van der Waals surface area contributed by atoms with Crippen molar-refractivity contribution in [1.29, 1.82) is 0 Å². The first kappa shape index (κ1) is 21.1. The number of likely N-dealkylation sites (N-methyl/N-ethyl adjacent to an activating group) is 1. The van der Waals surface area contributed by atoms with Crippen LogP contribution in [-0.4, -0.2) is 63.8 Å². The van der Waals surface area contributed by atoms with E-state index in [0.29, 0.717) is 12.2 Å². The maximum atomic E-state index is 12.0. The van der Waals surface area contributed by atoms with E-state index in [1.54, 1.807) is 14.1 Å². The molecule has 0 aliphatic rings. The molecule has 0 aromatic heterocycles. The van der Waals surface area contributed by atoms with Crippen LogP contribution in [0.4, 0.5) is 5.69 Å². The third kappa shape index (κ3) is 7.63. The van der Waals surface area contributed by atoms with Crippen LogP contribution < -0.4 is 10.5 Å². The Labute approximate surface area is 149 Å². The highest BCUT2D eigenvalue weighted by atomic mass is 32.2. The molecule has 0 aliphatic heterocycles. The van der Waals surface area contributed by atoms with Crippen LogP contribution in [0.1, 0.15) is 19.8 Å². The number of nitrogens with zero attached hydrogens (tertiary/aromatic N) is 2. The second-order valence-corrected chi connectivity index (χ2v) is 7.49. The van der Waals surface area contributed by atoms with E-state index in [2.05, 4.69) is 5.32 Å². The fraction of sp³-hybridized carbons (Fsp3) is 0.500. The fourth-order valence-electron chi connectivity index (χ4n) is 2.13. The van der Waals surface area contributed by atoms with Gasteiger partial charge in [-0.15, -0.1) is 0 Å².